The Kier molecular flexibility index (Phi) is 6.84. The van der Waals surface area contributed by atoms with E-state index in [2.05, 4.69) is 21.2 Å². The van der Waals surface area contributed by atoms with Crippen LogP contribution in [0.3, 0.4) is 0 Å². The SMILES string of the molecule is CCOc1ccccc1N1CCN(CC(=O)Nc2c(C)n(C)n(-c3ccccc3)c2=O)CC1. The molecule has 1 aliphatic rings. The molecule has 3 aromatic rings. The first-order valence-electron chi connectivity index (χ1n) is 11.3. The van der Waals surface area contributed by atoms with Crippen LogP contribution in [0.5, 0.6) is 5.75 Å². The van der Waals surface area contributed by atoms with Crippen LogP contribution in [0.2, 0.25) is 0 Å². The number of carbonyl (C=O) groups is 1. The van der Waals surface area contributed by atoms with Crippen LogP contribution in [-0.2, 0) is 11.8 Å². The number of hydrogen-bond acceptors (Lipinski definition) is 5. The first-order valence-corrected chi connectivity index (χ1v) is 11.3. The fourth-order valence-electron chi connectivity index (χ4n) is 4.24. The average Bonchev–Trinajstić information content (AvgIpc) is 3.04. The molecule has 1 aromatic heterocycles. The van der Waals surface area contributed by atoms with Crippen molar-refractivity contribution in [3.8, 4) is 11.4 Å². The lowest BCUT2D eigenvalue weighted by Crippen LogP contribution is -2.48. The van der Waals surface area contributed by atoms with Crippen LogP contribution in [0.25, 0.3) is 5.69 Å². The molecule has 2 heterocycles. The van der Waals surface area contributed by atoms with E-state index in [4.69, 9.17) is 4.74 Å². The van der Waals surface area contributed by atoms with Gasteiger partial charge in [-0.25, -0.2) is 4.68 Å². The predicted molar refractivity (Wildman–Crippen MR) is 131 cm³/mol. The van der Waals surface area contributed by atoms with Crippen LogP contribution in [0, 0.1) is 6.92 Å². The summed E-state index contributed by atoms with van der Waals surface area (Å²) < 4.78 is 9.10. The van der Waals surface area contributed by atoms with E-state index < -0.39 is 0 Å². The van der Waals surface area contributed by atoms with Crippen molar-refractivity contribution >= 4 is 17.3 Å². The van der Waals surface area contributed by atoms with E-state index in [1.54, 1.807) is 9.36 Å². The van der Waals surface area contributed by atoms with Gasteiger partial charge in [0, 0.05) is 33.2 Å². The summed E-state index contributed by atoms with van der Waals surface area (Å²) in [6.07, 6.45) is 0. The minimum Gasteiger partial charge on any atom is -0.492 e. The van der Waals surface area contributed by atoms with Gasteiger partial charge in [0.15, 0.2) is 0 Å². The molecule has 1 aliphatic heterocycles. The number of aromatic nitrogens is 2. The Bertz CT molecular complexity index is 1160. The minimum atomic E-state index is -0.230. The number of piperazine rings is 1. The Morgan fingerprint density at radius 3 is 2.36 bits per heavy atom. The van der Waals surface area contributed by atoms with Crippen LogP contribution in [0.4, 0.5) is 11.4 Å². The van der Waals surface area contributed by atoms with E-state index in [0.717, 1.165) is 49.0 Å². The molecular formula is C25H31N5O3. The number of anilines is 2. The van der Waals surface area contributed by atoms with Gasteiger partial charge >= 0.3 is 0 Å². The van der Waals surface area contributed by atoms with Gasteiger partial charge in [-0.1, -0.05) is 30.3 Å². The maximum Gasteiger partial charge on any atom is 0.295 e. The molecule has 174 valence electrons. The number of nitrogens with one attached hydrogen (secondary N) is 1. The van der Waals surface area contributed by atoms with Gasteiger partial charge in [0.25, 0.3) is 5.56 Å². The molecule has 0 bridgehead atoms. The van der Waals surface area contributed by atoms with Gasteiger partial charge in [-0.2, -0.15) is 0 Å². The maximum absolute atomic E-state index is 13.0. The molecule has 0 saturated carbocycles. The van der Waals surface area contributed by atoms with Crippen LogP contribution < -0.4 is 20.5 Å². The Morgan fingerprint density at radius 2 is 1.67 bits per heavy atom. The monoisotopic (exact) mass is 449 g/mol. The largest absolute Gasteiger partial charge is 0.492 e. The van der Waals surface area contributed by atoms with Crippen molar-refractivity contribution in [1.29, 1.82) is 0 Å². The third-order valence-electron chi connectivity index (χ3n) is 6.06. The molecule has 33 heavy (non-hydrogen) atoms. The highest BCUT2D eigenvalue weighted by Crippen LogP contribution is 2.28. The second-order valence-electron chi connectivity index (χ2n) is 8.15. The number of ether oxygens (including phenoxy) is 1. The molecule has 1 N–H and O–H groups in total. The zero-order valence-corrected chi connectivity index (χ0v) is 19.5. The summed E-state index contributed by atoms with van der Waals surface area (Å²) in [7, 11) is 1.82. The van der Waals surface area contributed by atoms with Crippen molar-refractivity contribution < 1.29 is 9.53 Å². The summed E-state index contributed by atoms with van der Waals surface area (Å²) in [4.78, 5) is 30.2. The maximum atomic E-state index is 13.0. The third-order valence-corrected chi connectivity index (χ3v) is 6.06. The molecule has 0 unspecified atom stereocenters. The van der Waals surface area contributed by atoms with Gasteiger partial charge in [-0.3, -0.25) is 19.2 Å². The molecule has 1 fully saturated rings. The lowest BCUT2D eigenvalue weighted by atomic mass is 10.2. The van der Waals surface area contributed by atoms with Crippen LogP contribution in [-0.4, -0.2) is 59.5 Å². The van der Waals surface area contributed by atoms with Gasteiger partial charge < -0.3 is 15.0 Å². The first kappa shape index (κ1) is 22.7. The Hall–Kier alpha value is -3.52. The van der Waals surface area contributed by atoms with Crippen molar-refractivity contribution in [2.45, 2.75) is 13.8 Å². The molecule has 1 amide bonds. The molecule has 0 atom stereocenters. The summed E-state index contributed by atoms with van der Waals surface area (Å²) in [5, 5.41) is 2.86. The molecule has 2 aromatic carbocycles. The summed E-state index contributed by atoms with van der Waals surface area (Å²) >= 11 is 0. The minimum absolute atomic E-state index is 0.177. The van der Waals surface area contributed by atoms with Crippen molar-refractivity contribution in [3.63, 3.8) is 0 Å². The number of para-hydroxylation sites is 3. The molecular weight excluding hydrogens is 418 g/mol. The predicted octanol–water partition coefficient (Wildman–Crippen LogP) is 2.64. The van der Waals surface area contributed by atoms with E-state index in [9.17, 15) is 9.59 Å². The van der Waals surface area contributed by atoms with Gasteiger partial charge in [0.1, 0.15) is 11.4 Å². The van der Waals surface area contributed by atoms with E-state index >= 15 is 0 Å². The molecule has 1 saturated heterocycles. The van der Waals surface area contributed by atoms with E-state index in [-0.39, 0.29) is 18.0 Å². The summed E-state index contributed by atoms with van der Waals surface area (Å²) in [6, 6.07) is 17.5. The smallest absolute Gasteiger partial charge is 0.295 e. The fraction of sp³-hybridized carbons (Fsp3) is 0.360. The molecule has 0 aliphatic carbocycles. The fourth-order valence-corrected chi connectivity index (χ4v) is 4.24. The number of amides is 1. The third kappa shape index (κ3) is 4.80. The normalized spacial score (nSPS) is 14.3. The molecule has 8 heteroatoms. The highest BCUT2D eigenvalue weighted by atomic mass is 16.5. The quantitative estimate of drug-likeness (QED) is 0.601. The number of rotatable bonds is 7. The van der Waals surface area contributed by atoms with E-state index in [1.807, 2.05) is 69.4 Å². The standard InChI is InChI=1S/C25H31N5O3/c1-4-33-22-13-9-8-12-21(22)29-16-14-28(15-17-29)18-23(31)26-24-19(2)27(3)30(25(24)32)20-10-6-5-7-11-20/h5-13H,4,14-18H2,1-3H3,(H,26,31). The van der Waals surface area contributed by atoms with Gasteiger partial charge in [-0.15, -0.1) is 0 Å². The molecule has 0 radical (unpaired) electrons. The summed E-state index contributed by atoms with van der Waals surface area (Å²) in [5.74, 6) is 0.713. The molecule has 8 nitrogen and oxygen atoms in total. The zero-order chi connectivity index (χ0) is 23.4. The Morgan fingerprint density at radius 1 is 1.00 bits per heavy atom. The summed E-state index contributed by atoms with van der Waals surface area (Å²) in [6.45, 7) is 7.83. The highest BCUT2D eigenvalue weighted by Gasteiger charge is 2.23. The zero-order valence-electron chi connectivity index (χ0n) is 19.5. The number of carbonyl (C=O) groups excluding carboxylic acids is 1. The Labute approximate surface area is 194 Å². The van der Waals surface area contributed by atoms with Crippen molar-refractivity contribution in [1.82, 2.24) is 14.3 Å². The van der Waals surface area contributed by atoms with E-state index in [1.165, 1.54) is 0 Å². The first-order chi connectivity index (χ1) is 16.0. The lowest BCUT2D eigenvalue weighted by Gasteiger charge is -2.36. The highest BCUT2D eigenvalue weighted by molar-refractivity contribution is 5.92. The second-order valence-corrected chi connectivity index (χ2v) is 8.15. The van der Waals surface area contributed by atoms with Crippen molar-refractivity contribution in [2.24, 2.45) is 7.05 Å². The van der Waals surface area contributed by atoms with Crippen molar-refractivity contribution in [2.75, 3.05) is 49.5 Å². The molecule has 4 rings (SSSR count). The van der Waals surface area contributed by atoms with Gasteiger partial charge in [0.2, 0.25) is 5.91 Å². The topological polar surface area (TPSA) is 71.7 Å². The van der Waals surface area contributed by atoms with Gasteiger partial charge in [0.05, 0.1) is 30.2 Å². The second kappa shape index (κ2) is 9.95. The van der Waals surface area contributed by atoms with Crippen LogP contribution >= 0.6 is 0 Å². The van der Waals surface area contributed by atoms with Gasteiger partial charge in [-0.05, 0) is 38.1 Å². The van der Waals surface area contributed by atoms with Crippen LogP contribution in [0.15, 0.2) is 59.4 Å². The number of hydrogen-bond donors (Lipinski definition) is 1. The Balaban J connectivity index is 1.39. The summed E-state index contributed by atoms with van der Waals surface area (Å²) in [5.41, 5.74) is 2.67. The lowest BCUT2D eigenvalue weighted by molar-refractivity contribution is -0.117. The number of nitrogens with zero attached hydrogens (tertiary/aromatic N) is 4. The molecule has 0 spiro atoms. The number of benzene rings is 2. The average molecular weight is 450 g/mol. The van der Waals surface area contributed by atoms with E-state index in [0.29, 0.717) is 12.3 Å². The van der Waals surface area contributed by atoms with Crippen LogP contribution in [0.1, 0.15) is 12.6 Å². The van der Waals surface area contributed by atoms with Crippen molar-refractivity contribution in [3.05, 3.63) is 70.6 Å².